The van der Waals surface area contributed by atoms with E-state index in [1.807, 2.05) is 12.1 Å². The van der Waals surface area contributed by atoms with Crippen LogP contribution in [0, 0.1) is 12.7 Å². The predicted molar refractivity (Wildman–Crippen MR) is 92.8 cm³/mol. The van der Waals surface area contributed by atoms with E-state index in [9.17, 15) is 4.39 Å². The van der Waals surface area contributed by atoms with Gasteiger partial charge >= 0.3 is 0 Å². The van der Waals surface area contributed by atoms with Gasteiger partial charge in [-0.1, -0.05) is 12.1 Å². The van der Waals surface area contributed by atoms with Gasteiger partial charge < -0.3 is 9.88 Å². The van der Waals surface area contributed by atoms with Crippen molar-refractivity contribution in [1.82, 2.24) is 9.88 Å². The minimum Gasteiger partial charge on any atom is -0.317 e. The van der Waals surface area contributed by atoms with Gasteiger partial charge in [-0.25, -0.2) is 4.39 Å². The van der Waals surface area contributed by atoms with Crippen LogP contribution in [-0.2, 0) is 0 Å². The molecule has 0 spiro atoms. The van der Waals surface area contributed by atoms with Crippen molar-refractivity contribution in [2.75, 3.05) is 13.1 Å². The van der Waals surface area contributed by atoms with Crippen LogP contribution >= 0.6 is 0 Å². The van der Waals surface area contributed by atoms with E-state index in [1.165, 1.54) is 47.0 Å². The lowest BCUT2D eigenvalue weighted by atomic mass is 9.90. The predicted octanol–water partition coefficient (Wildman–Crippen LogP) is 4.55. The molecule has 1 aliphatic heterocycles. The van der Waals surface area contributed by atoms with Crippen LogP contribution < -0.4 is 5.32 Å². The molecule has 1 aromatic heterocycles. The van der Waals surface area contributed by atoms with Crippen molar-refractivity contribution < 1.29 is 4.39 Å². The van der Waals surface area contributed by atoms with Gasteiger partial charge in [-0.15, -0.1) is 0 Å². The molecule has 0 amide bonds. The maximum atomic E-state index is 13.3. The average Bonchev–Trinajstić information content (AvgIpc) is 2.95. The lowest BCUT2D eigenvalue weighted by Crippen LogP contribution is -2.26. The number of nitrogens with one attached hydrogen (secondary N) is 1. The maximum Gasteiger partial charge on any atom is 0.123 e. The summed E-state index contributed by atoms with van der Waals surface area (Å²) in [6.45, 7) is 4.28. The minimum atomic E-state index is -0.194. The highest BCUT2D eigenvalue weighted by Gasteiger charge is 2.20. The van der Waals surface area contributed by atoms with Gasteiger partial charge in [0, 0.05) is 17.3 Å². The Morgan fingerprint density at radius 3 is 2.52 bits per heavy atom. The molecule has 2 aromatic carbocycles. The molecule has 0 unspecified atom stereocenters. The van der Waals surface area contributed by atoms with Crippen molar-refractivity contribution in [2.24, 2.45) is 0 Å². The Morgan fingerprint density at radius 2 is 1.78 bits per heavy atom. The van der Waals surface area contributed by atoms with E-state index in [1.54, 1.807) is 0 Å². The number of benzene rings is 2. The molecule has 118 valence electrons. The summed E-state index contributed by atoms with van der Waals surface area (Å²) in [4.78, 5) is 0. The summed E-state index contributed by atoms with van der Waals surface area (Å²) in [6, 6.07) is 13.4. The molecular weight excluding hydrogens is 287 g/mol. The second-order valence-electron chi connectivity index (χ2n) is 6.48. The Morgan fingerprint density at radius 1 is 1.04 bits per heavy atom. The first kappa shape index (κ1) is 14.5. The third-order valence-electron chi connectivity index (χ3n) is 4.88. The van der Waals surface area contributed by atoms with Gasteiger partial charge in [0.1, 0.15) is 5.82 Å². The molecule has 0 radical (unpaired) electrons. The van der Waals surface area contributed by atoms with Crippen LogP contribution in [-0.4, -0.2) is 17.7 Å². The molecule has 1 fully saturated rings. The molecule has 23 heavy (non-hydrogen) atoms. The summed E-state index contributed by atoms with van der Waals surface area (Å²) >= 11 is 0. The second-order valence-corrected chi connectivity index (χ2v) is 6.48. The van der Waals surface area contributed by atoms with Crippen molar-refractivity contribution in [2.45, 2.75) is 25.7 Å². The Bertz CT molecular complexity index is 827. The van der Waals surface area contributed by atoms with Crippen LogP contribution in [0.4, 0.5) is 4.39 Å². The van der Waals surface area contributed by atoms with Crippen molar-refractivity contribution >= 4 is 10.9 Å². The molecule has 0 atom stereocenters. The summed E-state index contributed by atoms with van der Waals surface area (Å²) in [5.74, 6) is 0.406. The average molecular weight is 308 g/mol. The fourth-order valence-corrected chi connectivity index (χ4v) is 3.64. The number of halogens is 1. The lowest BCUT2D eigenvalue weighted by molar-refractivity contribution is 0.462. The standard InChI is InChI=1S/C20H21FN2/c1-14-2-7-18-19(15-8-10-22-11-9-15)13-23(20(18)12-14)17-5-3-16(21)4-6-17/h2-7,12-13,15,22H,8-11H2,1H3. The molecular formula is C20H21FN2. The van der Waals surface area contributed by atoms with Gasteiger partial charge in [-0.05, 0) is 80.2 Å². The van der Waals surface area contributed by atoms with Gasteiger partial charge in [0.25, 0.3) is 0 Å². The number of nitrogens with zero attached hydrogens (tertiary/aromatic N) is 1. The number of hydrogen-bond acceptors (Lipinski definition) is 1. The van der Waals surface area contributed by atoms with Crippen molar-refractivity contribution in [3.05, 3.63) is 65.6 Å². The topological polar surface area (TPSA) is 17.0 Å². The third-order valence-corrected chi connectivity index (χ3v) is 4.88. The number of aromatic nitrogens is 1. The van der Waals surface area contributed by atoms with E-state index >= 15 is 0 Å². The van der Waals surface area contributed by atoms with Gasteiger partial charge in [-0.3, -0.25) is 0 Å². The Hall–Kier alpha value is -2.13. The maximum absolute atomic E-state index is 13.3. The smallest absolute Gasteiger partial charge is 0.123 e. The van der Waals surface area contributed by atoms with E-state index in [2.05, 4.69) is 41.2 Å². The molecule has 2 nitrogen and oxygen atoms in total. The van der Waals surface area contributed by atoms with Crippen LogP contribution in [0.15, 0.2) is 48.7 Å². The summed E-state index contributed by atoms with van der Waals surface area (Å²) in [7, 11) is 0. The van der Waals surface area contributed by atoms with Crippen LogP contribution in [0.2, 0.25) is 0 Å². The molecule has 0 bridgehead atoms. The monoisotopic (exact) mass is 308 g/mol. The number of aryl methyl sites for hydroxylation is 1. The second kappa shape index (κ2) is 5.82. The Kier molecular flexibility index (Phi) is 3.66. The molecule has 0 aliphatic carbocycles. The van der Waals surface area contributed by atoms with Crippen molar-refractivity contribution in [3.63, 3.8) is 0 Å². The highest BCUT2D eigenvalue weighted by molar-refractivity contribution is 5.86. The van der Waals surface area contributed by atoms with Gasteiger partial charge in [0.15, 0.2) is 0 Å². The van der Waals surface area contributed by atoms with Crippen LogP contribution in [0.1, 0.15) is 29.9 Å². The van der Waals surface area contributed by atoms with E-state index < -0.39 is 0 Å². The minimum absolute atomic E-state index is 0.194. The fourth-order valence-electron chi connectivity index (χ4n) is 3.64. The third kappa shape index (κ3) is 2.66. The zero-order chi connectivity index (χ0) is 15.8. The largest absolute Gasteiger partial charge is 0.317 e. The zero-order valence-electron chi connectivity index (χ0n) is 13.3. The lowest BCUT2D eigenvalue weighted by Gasteiger charge is -2.22. The summed E-state index contributed by atoms with van der Waals surface area (Å²) in [6.07, 6.45) is 4.61. The molecule has 3 heteroatoms. The van der Waals surface area contributed by atoms with E-state index in [4.69, 9.17) is 0 Å². The first-order valence-corrected chi connectivity index (χ1v) is 8.30. The molecule has 3 aromatic rings. The summed E-state index contributed by atoms with van der Waals surface area (Å²) < 4.78 is 15.5. The van der Waals surface area contributed by atoms with Gasteiger partial charge in [0.05, 0.1) is 5.52 Å². The van der Waals surface area contributed by atoms with Crippen LogP contribution in [0.3, 0.4) is 0 Å². The number of hydrogen-bond donors (Lipinski definition) is 1. The molecule has 2 heterocycles. The van der Waals surface area contributed by atoms with Crippen LogP contribution in [0.5, 0.6) is 0 Å². The van der Waals surface area contributed by atoms with Crippen LogP contribution in [0.25, 0.3) is 16.6 Å². The first-order valence-electron chi connectivity index (χ1n) is 8.30. The molecule has 0 saturated carbocycles. The molecule has 1 saturated heterocycles. The molecule has 1 aliphatic rings. The summed E-state index contributed by atoms with van der Waals surface area (Å²) in [5, 5.41) is 4.76. The molecule has 1 N–H and O–H groups in total. The van der Waals surface area contributed by atoms with E-state index in [0.29, 0.717) is 5.92 Å². The van der Waals surface area contributed by atoms with Crippen molar-refractivity contribution in [3.8, 4) is 5.69 Å². The van der Waals surface area contributed by atoms with Gasteiger partial charge in [0.2, 0.25) is 0 Å². The number of fused-ring (bicyclic) bond motifs is 1. The highest BCUT2D eigenvalue weighted by Crippen LogP contribution is 2.34. The van der Waals surface area contributed by atoms with E-state index in [-0.39, 0.29) is 5.82 Å². The fraction of sp³-hybridized carbons (Fsp3) is 0.300. The zero-order valence-corrected chi connectivity index (χ0v) is 13.3. The highest BCUT2D eigenvalue weighted by atomic mass is 19.1. The summed E-state index contributed by atoms with van der Waals surface area (Å²) in [5.41, 5.74) is 4.90. The Balaban J connectivity index is 1.89. The first-order chi connectivity index (χ1) is 11.2. The quantitative estimate of drug-likeness (QED) is 0.735. The van der Waals surface area contributed by atoms with E-state index in [0.717, 1.165) is 18.8 Å². The SMILES string of the molecule is Cc1ccc2c(C3CCNCC3)cn(-c3ccc(F)cc3)c2c1. The normalized spacial score (nSPS) is 16.1. The van der Waals surface area contributed by atoms with Gasteiger partial charge in [-0.2, -0.15) is 0 Å². The number of piperidine rings is 1. The Labute approximate surface area is 135 Å². The number of rotatable bonds is 2. The van der Waals surface area contributed by atoms with Crippen molar-refractivity contribution in [1.29, 1.82) is 0 Å². The molecule has 4 rings (SSSR count).